The van der Waals surface area contributed by atoms with Gasteiger partial charge in [-0.2, -0.15) is 13.1 Å². The standard InChI is InChI=1S/C19H21N3O3S2/c23-19(14-26-13-15-6-2-1-3-7-15)21-16-8-4-9-17(12-16)27(24,25)22-18-10-5-11-20-18/h1-4,6-9,12H,5,10-11,13-14H2,(H,20,22)(H,21,23)/p+1. The molecule has 0 fully saturated rings. The van der Waals surface area contributed by atoms with E-state index in [9.17, 15) is 13.2 Å². The Hall–Kier alpha value is -2.32. The van der Waals surface area contributed by atoms with Gasteiger partial charge in [-0.15, -0.1) is 11.8 Å². The number of hydrogen-bond donors (Lipinski definition) is 3. The maximum Gasteiger partial charge on any atom is 0.328 e. The molecule has 2 aromatic carbocycles. The lowest BCUT2D eigenvalue weighted by atomic mass is 10.2. The number of benzene rings is 2. The number of nitrogens with one attached hydrogen (secondary N) is 3. The summed E-state index contributed by atoms with van der Waals surface area (Å²) in [6, 6.07) is 16.2. The molecule has 1 heterocycles. The largest absolute Gasteiger partial charge is 0.328 e. The van der Waals surface area contributed by atoms with E-state index in [-0.39, 0.29) is 10.8 Å². The highest BCUT2D eigenvalue weighted by Gasteiger charge is 2.24. The van der Waals surface area contributed by atoms with Crippen LogP contribution in [0.5, 0.6) is 0 Å². The third-order valence-electron chi connectivity index (χ3n) is 3.97. The van der Waals surface area contributed by atoms with Gasteiger partial charge in [0, 0.05) is 11.4 Å². The topological polar surface area (TPSA) is 89.2 Å². The number of anilines is 1. The summed E-state index contributed by atoms with van der Waals surface area (Å²) in [4.78, 5) is 15.3. The fourth-order valence-corrected chi connectivity index (χ4v) is 4.62. The predicted octanol–water partition coefficient (Wildman–Crippen LogP) is 1.11. The summed E-state index contributed by atoms with van der Waals surface area (Å²) >= 11 is 1.51. The molecule has 0 bridgehead atoms. The maximum atomic E-state index is 12.5. The molecular formula is C19H22N3O3S2+. The normalized spacial score (nSPS) is 13.9. The van der Waals surface area contributed by atoms with Crippen LogP contribution in [0.2, 0.25) is 0 Å². The number of thioether (sulfide) groups is 1. The predicted molar refractivity (Wildman–Crippen MR) is 108 cm³/mol. The van der Waals surface area contributed by atoms with E-state index in [2.05, 4.69) is 15.0 Å². The summed E-state index contributed by atoms with van der Waals surface area (Å²) in [6.45, 7) is 0.772. The highest BCUT2D eigenvalue weighted by Crippen LogP contribution is 2.17. The number of amides is 1. The summed E-state index contributed by atoms with van der Waals surface area (Å²) in [6.07, 6.45) is 1.60. The second-order valence-electron chi connectivity index (χ2n) is 6.17. The highest BCUT2D eigenvalue weighted by atomic mass is 32.2. The van der Waals surface area contributed by atoms with Crippen molar-refractivity contribution in [3.63, 3.8) is 0 Å². The van der Waals surface area contributed by atoms with E-state index in [1.54, 1.807) is 12.1 Å². The molecule has 0 aliphatic carbocycles. The first-order valence-corrected chi connectivity index (χ1v) is 11.3. The molecule has 0 unspecified atom stereocenters. The van der Waals surface area contributed by atoms with Gasteiger partial charge in [0.1, 0.15) is 4.90 Å². The molecule has 8 heteroatoms. The van der Waals surface area contributed by atoms with Crippen molar-refractivity contribution in [2.45, 2.75) is 23.5 Å². The van der Waals surface area contributed by atoms with Crippen molar-refractivity contribution in [2.24, 2.45) is 0 Å². The van der Waals surface area contributed by atoms with Crippen LogP contribution in [-0.4, -0.2) is 32.5 Å². The average Bonchev–Trinajstić information content (AvgIpc) is 3.15. The third kappa shape index (κ3) is 5.83. The molecule has 3 rings (SSSR count). The third-order valence-corrected chi connectivity index (χ3v) is 6.37. The Bertz CT molecular complexity index is 928. The summed E-state index contributed by atoms with van der Waals surface area (Å²) in [5.74, 6) is 1.50. The van der Waals surface area contributed by atoms with Crippen LogP contribution in [0.4, 0.5) is 5.69 Å². The molecule has 27 heavy (non-hydrogen) atoms. The Balaban J connectivity index is 1.56. The molecule has 1 aliphatic heterocycles. The molecule has 0 radical (unpaired) electrons. The molecule has 1 amide bonds. The molecule has 0 atom stereocenters. The van der Waals surface area contributed by atoms with Gasteiger partial charge < -0.3 is 5.32 Å². The fraction of sp³-hybridized carbons (Fsp3) is 0.263. The van der Waals surface area contributed by atoms with Crippen molar-refractivity contribution in [3.05, 3.63) is 60.2 Å². The summed E-state index contributed by atoms with van der Waals surface area (Å²) in [5.41, 5.74) is 1.63. The Labute approximate surface area is 163 Å². The first-order valence-electron chi connectivity index (χ1n) is 8.67. The van der Waals surface area contributed by atoms with E-state index >= 15 is 0 Å². The SMILES string of the molecule is O=C(CSCc1ccccc1)Nc1cccc(S(=O)(=O)NC2=[NH+]CCC2)c1. The first kappa shape index (κ1) is 19.4. The molecule has 3 N–H and O–H groups in total. The van der Waals surface area contributed by atoms with Gasteiger partial charge in [0.2, 0.25) is 5.91 Å². The van der Waals surface area contributed by atoms with Crippen LogP contribution in [0.3, 0.4) is 0 Å². The molecule has 142 valence electrons. The lowest BCUT2D eigenvalue weighted by Crippen LogP contribution is -2.72. The van der Waals surface area contributed by atoms with Crippen LogP contribution in [0.1, 0.15) is 18.4 Å². The monoisotopic (exact) mass is 404 g/mol. The molecule has 0 spiro atoms. The van der Waals surface area contributed by atoms with E-state index < -0.39 is 10.0 Å². The number of amidine groups is 1. The quantitative estimate of drug-likeness (QED) is 0.645. The van der Waals surface area contributed by atoms with Crippen LogP contribution >= 0.6 is 11.8 Å². The van der Waals surface area contributed by atoms with E-state index in [1.807, 2.05) is 30.3 Å². The smallest absolute Gasteiger partial charge is 0.325 e. The second kappa shape index (κ2) is 9.05. The Morgan fingerprint density at radius 1 is 1.11 bits per heavy atom. The van der Waals surface area contributed by atoms with E-state index in [0.29, 0.717) is 23.7 Å². The van der Waals surface area contributed by atoms with Gasteiger partial charge in [0.15, 0.2) is 0 Å². The minimum Gasteiger partial charge on any atom is -0.325 e. The highest BCUT2D eigenvalue weighted by molar-refractivity contribution is 7.99. The minimum absolute atomic E-state index is 0.124. The molecule has 2 aromatic rings. The maximum absolute atomic E-state index is 12.5. The van der Waals surface area contributed by atoms with E-state index in [0.717, 1.165) is 24.3 Å². The van der Waals surface area contributed by atoms with Crippen LogP contribution in [0.25, 0.3) is 0 Å². The Morgan fingerprint density at radius 3 is 2.67 bits per heavy atom. The van der Waals surface area contributed by atoms with Gasteiger partial charge in [0.05, 0.1) is 18.7 Å². The van der Waals surface area contributed by atoms with E-state index in [4.69, 9.17) is 0 Å². The molecule has 1 aliphatic rings. The lowest BCUT2D eigenvalue weighted by Gasteiger charge is -2.07. The number of hydrogen-bond acceptors (Lipinski definition) is 4. The summed E-state index contributed by atoms with van der Waals surface area (Å²) in [5, 5.41) is 2.76. The van der Waals surface area contributed by atoms with Gasteiger partial charge in [-0.3, -0.25) is 9.79 Å². The fourth-order valence-electron chi connectivity index (χ4n) is 2.67. The molecular weight excluding hydrogens is 382 g/mol. The van der Waals surface area contributed by atoms with Gasteiger partial charge in [0.25, 0.3) is 5.84 Å². The average molecular weight is 405 g/mol. The van der Waals surface area contributed by atoms with Crippen molar-refractivity contribution in [1.82, 2.24) is 4.72 Å². The number of sulfonamides is 1. The number of carbonyl (C=O) groups excluding carboxylic acids is 1. The zero-order valence-electron chi connectivity index (χ0n) is 14.8. The molecule has 6 nitrogen and oxygen atoms in total. The summed E-state index contributed by atoms with van der Waals surface area (Å²) < 4.78 is 27.5. The molecule has 0 saturated heterocycles. The first-order chi connectivity index (χ1) is 13.0. The van der Waals surface area contributed by atoms with Crippen molar-refractivity contribution >= 4 is 39.2 Å². The summed E-state index contributed by atoms with van der Waals surface area (Å²) in [7, 11) is -3.66. The van der Waals surface area contributed by atoms with Crippen LogP contribution in [0, 0.1) is 0 Å². The lowest BCUT2D eigenvalue weighted by molar-refractivity contribution is -0.448. The van der Waals surface area contributed by atoms with Crippen LogP contribution in [-0.2, 0) is 20.6 Å². The van der Waals surface area contributed by atoms with Crippen molar-refractivity contribution in [1.29, 1.82) is 0 Å². The Kier molecular flexibility index (Phi) is 6.52. The van der Waals surface area contributed by atoms with Gasteiger partial charge in [-0.25, -0.2) is 0 Å². The number of carbonyl (C=O) groups is 1. The minimum atomic E-state index is -3.66. The molecule has 0 saturated carbocycles. The van der Waals surface area contributed by atoms with Crippen LogP contribution < -0.4 is 15.0 Å². The van der Waals surface area contributed by atoms with Gasteiger partial charge >= 0.3 is 10.0 Å². The van der Waals surface area contributed by atoms with Crippen LogP contribution in [0.15, 0.2) is 59.5 Å². The van der Waals surface area contributed by atoms with E-state index in [1.165, 1.54) is 23.9 Å². The Morgan fingerprint density at radius 2 is 1.93 bits per heavy atom. The number of rotatable bonds is 7. The van der Waals surface area contributed by atoms with Gasteiger partial charge in [-0.05, 0) is 30.2 Å². The molecule has 0 aromatic heterocycles. The zero-order chi connectivity index (χ0) is 19.1. The van der Waals surface area contributed by atoms with Crippen molar-refractivity contribution in [2.75, 3.05) is 17.6 Å². The zero-order valence-corrected chi connectivity index (χ0v) is 16.4. The van der Waals surface area contributed by atoms with Crippen molar-refractivity contribution in [3.8, 4) is 0 Å². The van der Waals surface area contributed by atoms with Crippen molar-refractivity contribution < 1.29 is 18.2 Å². The van der Waals surface area contributed by atoms with Gasteiger partial charge in [-0.1, -0.05) is 36.4 Å². The second-order valence-corrected chi connectivity index (χ2v) is 8.84.